The fourth-order valence-electron chi connectivity index (χ4n) is 6.47. The molecule has 2 aliphatic rings. The quantitative estimate of drug-likeness (QED) is 0.213. The second kappa shape index (κ2) is 15.6. The number of aliphatic imine (C=N–C) groups is 1. The molecule has 0 aliphatic carbocycles. The van der Waals surface area contributed by atoms with E-state index >= 15 is 0 Å². The van der Waals surface area contributed by atoms with Crippen molar-refractivity contribution in [3.63, 3.8) is 0 Å². The van der Waals surface area contributed by atoms with Gasteiger partial charge < -0.3 is 10.1 Å². The zero-order chi connectivity index (χ0) is 36.8. The maximum Gasteiger partial charge on any atom is 0.264 e. The Labute approximate surface area is 304 Å². The molecule has 0 unspecified atom stereocenters. The molecule has 2 atom stereocenters. The number of ketones is 1. The Hall–Kier alpha value is -5.90. The van der Waals surface area contributed by atoms with Gasteiger partial charge >= 0.3 is 0 Å². The highest BCUT2D eigenvalue weighted by molar-refractivity contribution is 6.39. The van der Waals surface area contributed by atoms with Gasteiger partial charge in [0.2, 0.25) is 11.7 Å². The second-order valence-electron chi connectivity index (χ2n) is 14.1. The lowest BCUT2D eigenvalue weighted by atomic mass is 9.96. The van der Waals surface area contributed by atoms with Crippen LogP contribution in [-0.2, 0) is 32.1 Å². The van der Waals surface area contributed by atoms with E-state index in [4.69, 9.17) is 4.74 Å². The Bertz CT molecular complexity index is 1990. The maximum absolute atomic E-state index is 14.5. The van der Waals surface area contributed by atoms with E-state index in [9.17, 15) is 19.2 Å². The summed E-state index contributed by atoms with van der Waals surface area (Å²) in [6.07, 6.45) is 5.57. The smallest absolute Gasteiger partial charge is 0.264 e. The van der Waals surface area contributed by atoms with Crippen LogP contribution in [0.2, 0.25) is 0 Å². The van der Waals surface area contributed by atoms with E-state index < -0.39 is 35.2 Å². The number of pyridine rings is 1. The van der Waals surface area contributed by atoms with Crippen molar-refractivity contribution >= 4 is 35.1 Å². The third-order valence-corrected chi connectivity index (χ3v) is 9.03. The molecule has 1 aromatic heterocycles. The number of hydrogen-bond acceptors (Lipinski definition) is 6. The molecule has 1 N–H and O–H groups in total. The van der Waals surface area contributed by atoms with Crippen molar-refractivity contribution in [2.75, 3.05) is 13.2 Å². The molecule has 0 fully saturated rings. The molecule has 10 heteroatoms. The van der Waals surface area contributed by atoms with Crippen LogP contribution in [0, 0.1) is 5.92 Å². The van der Waals surface area contributed by atoms with Crippen molar-refractivity contribution in [1.29, 1.82) is 0 Å². The SMILES string of the molecule is CC(C)[C@@H]1C(=O)N(CC(=O)N[C@@H](Cc2ccccc2)C(=O)C2=NC(C)(C)CO2)C(c2ccccc2)=CN1C(=O)c1ccc[n+](Cc2ccccc2)c1. The van der Waals surface area contributed by atoms with E-state index in [1.807, 2.05) is 136 Å². The molecule has 266 valence electrons. The fourth-order valence-corrected chi connectivity index (χ4v) is 6.47. The van der Waals surface area contributed by atoms with Crippen molar-refractivity contribution in [1.82, 2.24) is 15.1 Å². The van der Waals surface area contributed by atoms with Crippen LogP contribution in [0.3, 0.4) is 0 Å². The van der Waals surface area contributed by atoms with Crippen LogP contribution in [0.15, 0.2) is 127 Å². The van der Waals surface area contributed by atoms with Gasteiger partial charge in [-0.25, -0.2) is 4.99 Å². The molecule has 3 aromatic carbocycles. The van der Waals surface area contributed by atoms with E-state index in [2.05, 4.69) is 10.3 Å². The number of nitrogens with zero attached hydrogens (tertiary/aromatic N) is 4. The first-order chi connectivity index (χ1) is 25.0. The summed E-state index contributed by atoms with van der Waals surface area (Å²) in [5, 5.41) is 2.89. The number of hydrogen-bond donors (Lipinski definition) is 1. The maximum atomic E-state index is 14.5. The van der Waals surface area contributed by atoms with Crippen LogP contribution in [0.1, 0.15) is 54.7 Å². The van der Waals surface area contributed by atoms with E-state index in [1.54, 1.807) is 18.5 Å². The van der Waals surface area contributed by atoms with Crippen molar-refractivity contribution < 1.29 is 28.5 Å². The minimum atomic E-state index is -0.980. The number of amides is 3. The van der Waals surface area contributed by atoms with Gasteiger partial charge in [-0.2, -0.15) is 4.57 Å². The van der Waals surface area contributed by atoms with Crippen molar-refractivity contribution in [2.45, 2.75) is 58.3 Å². The van der Waals surface area contributed by atoms with Gasteiger partial charge in [0.1, 0.15) is 30.8 Å². The number of carbonyl (C=O) groups excluding carboxylic acids is 4. The summed E-state index contributed by atoms with van der Waals surface area (Å²) in [5.74, 6) is -2.01. The molecule has 52 heavy (non-hydrogen) atoms. The fraction of sp³-hybridized carbons (Fsp3) is 0.286. The molecule has 10 nitrogen and oxygen atoms in total. The summed E-state index contributed by atoms with van der Waals surface area (Å²) in [7, 11) is 0. The molecule has 0 spiro atoms. The van der Waals surface area contributed by atoms with Crippen molar-refractivity contribution in [2.24, 2.45) is 10.9 Å². The van der Waals surface area contributed by atoms with Crippen LogP contribution in [0.5, 0.6) is 0 Å². The summed E-state index contributed by atoms with van der Waals surface area (Å²) in [6.45, 7) is 7.96. The molecule has 3 heterocycles. The molecule has 6 rings (SSSR count). The minimum absolute atomic E-state index is 0.0230. The Morgan fingerprint density at radius 3 is 2.15 bits per heavy atom. The van der Waals surface area contributed by atoms with Gasteiger partial charge in [-0.1, -0.05) is 105 Å². The molecule has 0 bridgehead atoms. The zero-order valence-corrected chi connectivity index (χ0v) is 29.9. The second-order valence-corrected chi connectivity index (χ2v) is 14.1. The van der Waals surface area contributed by atoms with E-state index in [1.165, 1.54) is 9.80 Å². The largest absolute Gasteiger partial charge is 0.473 e. The topological polar surface area (TPSA) is 112 Å². The highest BCUT2D eigenvalue weighted by atomic mass is 16.5. The van der Waals surface area contributed by atoms with Crippen LogP contribution in [-0.4, -0.2) is 70.0 Å². The predicted octanol–water partition coefficient (Wildman–Crippen LogP) is 4.83. The van der Waals surface area contributed by atoms with Gasteiger partial charge in [0.05, 0.1) is 11.2 Å². The van der Waals surface area contributed by atoms with Crippen LogP contribution < -0.4 is 9.88 Å². The highest BCUT2D eigenvalue weighted by Gasteiger charge is 2.42. The average Bonchev–Trinajstić information content (AvgIpc) is 3.51. The third kappa shape index (κ3) is 8.34. The normalized spacial score (nSPS) is 17.2. The average molecular weight is 699 g/mol. The number of Topliss-reactive ketones (excluding diaryl/α,β-unsaturated/α-hetero) is 1. The third-order valence-electron chi connectivity index (χ3n) is 9.03. The number of rotatable bonds is 12. The van der Waals surface area contributed by atoms with Crippen LogP contribution >= 0.6 is 0 Å². The number of aromatic nitrogens is 1. The van der Waals surface area contributed by atoms with E-state index in [0.29, 0.717) is 23.4 Å². The van der Waals surface area contributed by atoms with Gasteiger partial charge in [0, 0.05) is 24.3 Å². The number of nitrogens with one attached hydrogen (secondary N) is 1. The lowest BCUT2D eigenvalue weighted by molar-refractivity contribution is -0.688. The van der Waals surface area contributed by atoms with Crippen LogP contribution in [0.25, 0.3) is 5.70 Å². The monoisotopic (exact) mass is 698 g/mol. The standard InChI is InChI=1S/C42H43N5O5/c1-29(2)37-41(51)46(27-36(48)43-34(23-30-15-8-5-9-16-30)38(49)39-44-42(3,4)28-52-39)35(32-19-12-7-13-20-32)26-47(37)40(50)33-21-14-22-45(25-33)24-31-17-10-6-11-18-31/h5-22,25-26,29,34,37H,23-24,27-28H2,1-4H3/p+1/t34-,37+/m0/s1. The van der Waals surface area contributed by atoms with Crippen LogP contribution in [0.4, 0.5) is 0 Å². The van der Waals surface area contributed by atoms with Gasteiger partial charge in [-0.05, 0) is 37.0 Å². The summed E-state index contributed by atoms with van der Waals surface area (Å²) >= 11 is 0. The summed E-state index contributed by atoms with van der Waals surface area (Å²) in [4.78, 5) is 63.8. The number of benzene rings is 3. The van der Waals surface area contributed by atoms with Gasteiger partial charge in [0.25, 0.3) is 17.7 Å². The minimum Gasteiger partial charge on any atom is -0.473 e. The molecular formula is C42H44N5O5+. The van der Waals surface area contributed by atoms with Gasteiger partial charge in [0.15, 0.2) is 18.9 Å². The number of carbonyl (C=O) groups is 4. The first-order valence-electron chi connectivity index (χ1n) is 17.5. The Morgan fingerprint density at radius 2 is 1.54 bits per heavy atom. The molecule has 3 amide bonds. The van der Waals surface area contributed by atoms with Crippen molar-refractivity contribution in [3.8, 4) is 0 Å². The molecule has 2 aliphatic heterocycles. The summed E-state index contributed by atoms with van der Waals surface area (Å²) in [6, 6.07) is 30.2. The molecular weight excluding hydrogens is 654 g/mol. The first kappa shape index (κ1) is 35.9. The van der Waals surface area contributed by atoms with E-state index in [0.717, 1.165) is 11.1 Å². The lowest BCUT2D eigenvalue weighted by Gasteiger charge is -2.41. The molecule has 4 aromatic rings. The first-order valence-corrected chi connectivity index (χ1v) is 17.5. The Kier molecular flexibility index (Phi) is 10.7. The summed E-state index contributed by atoms with van der Waals surface area (Å²) in [5.41, 5.74) is 2.86. The van der Waals surface area contributed by atoms with Gasteiger partial charge in [-0.3, -0.25) is 29.0 Å². The summed E-state index contributed by atoms with van der Waals surface area (Å²) < 4.78 is 7.59. The molecule has 0 saturated carbocycles. The van der Waals surface area contributed by atoms with Gasteiger partial charge in [-0.15, -0.1) is 0 Å². The number of ether oxygens (including phenoxy) is 1. The predicted molar refractivity (Wildman–Crippen MR) is 198 cm³/mol. The molecule has 0 radical (unpaired) electrons. The highest BCUT2D eigenvalue weighted by Crippen LogP contribution is 2.31. The van der Waals surface area contributed by atoms with E-state index in [-0.39, 0.29) is 37.3 Å². The zero-order valence-electron chi connectivity index (χ0n) is 29.9. The Morgan fingerprint density at radius 1 is 0.904 bits per heavy atom. The van der Waals surface area contributed by atoms with Crippen molar-refractivity contribution in [3.05, 3.63) is 144 Å². The Balaban J connectivity index is 1.30. The molecule has 0 saturated heterocycles. The lowest BCUT2D eigenvalue weighted by Crippen LogP contribution is -2.57.